The van der Waals surface area contributed by atoms with Crippen LogP contribution >= 0.6 is 0 Å². The summed E-state index contributed by atoms with van der Waals surface area (Å²) in [6.45, 7) is 4.10. The number of hydrogen-bond acceptors (Lipinski definition) is 7. The summed E-state index contributed by atoms with van der Waals surface area (Å²) in [4.78, 5) is 13.6. The van der Waals surface area contributed by atoms with Crippen molar-refractivity contribution in [1.29, 1.82) is 0 Å². The molecule has 0 saturated carbocycles. The zero-order valence-corrected chi connectivity index (χ0v) is 29.5. The second kappa shape index (κ2) is 14.0. The molecule has 0 spiro atoms. The first kappa shape index (κ1) is 32.6. The number of ether oxygens (including phenoxy) is 2. The van der Waals surface area contributed by atoms with E-state index >= 15 is 0 Å². The molecule has 0 N–H and O–H groups in total. The summed E-state index contributed by atoms with van der Waals surface area (Å²) >= 11 is 0. The fourth-order valence-corrected chi connectivity index (χ4v) is 6.62. The van der Waals surface area contributed by atoms with Crippen molar-refractivity contribution in [3.8, 4) is 22.8 Å². The van der Waals surface area contributed by atoms with Gasteiger partial charge in [0.1, 0.15) is 23.1 Å². The van der Waals surface area contributed by atoms with E-state index in [0.29, 0.717) is 6.42 Å². The van der Waals surface area contributed by atoms with Crippen LogP contribution in [0.25, 0.3) is 11.3 Å². The van der Waals surface area contributed by atoms with Gasteiger partial charge in [0.25, 0.3) is 0 Å². The van der Waals surface area contributed by atoms with Gasteiger partial charge in [0.2, 0.25) is 0 Å². The molecule has 5 heterocycles. The first-order valence-corrected chi connectivity index (χ1v) is 17.2. The summed E-state index contributed by atoms with van der Waals surface area (Å²) in [5.74, 6) is 3.53. The Labute approximate surface area is 302 Å². The standard InChI is InChI=1S/C23H18N4O.C20H19N3O/c1-28-19-10-9-17-12-22-25-15-21(18-8-5-11-24-14-18)27(22)26-23(20(17)13-19)16-6-3-2-4-7-16;1-13-14(2)23-19(21-13)11-16-9-10-17(24-3)12-18(16)20(22-23)15-7-5-4-6-8-15/h2-11,13-15H,12H2,1H3;4-10,12H,11H2,1-3H3. The van der Waals surface area contributed by atoms with Crippen molar-refractivity contribution in [3.63, 3.8) is 0 Å². The highest BCUT2D eigenvalue weighted by atomic mass is 16.5. The minimum atomic E-state index is 0.694. The number of imidazole rings is 2. The summed E-state index contributed by atoms with van der Waals surface area (Å²) in [6, 6.07) is 36.8. The summed E-state index contributed by atoms with van der Waals surface area (Å²) in [6.07, 6.45) is 6.92. The first-order chi connectivity index (χ1) is 25.5. The van der Waals surface area contributed by atoms with Gasteiger partial charge in [0.15, 0.2) is 0 Å². The third-order valence-electron chi connectivity index (χ3n) is 9.48. The lowest BCUT2D eigenvalue weighted by atomic mass is 9.96. The molecule has 0 amide bonds. The predicted octanol–water partition coefficient (Wildman–Crippen LogP) is 7.87. The van der Waals surface area contributed by atoms with Crippen molar-refractivity contribution >= 4 is 11.4 Å². The molecule has 9 rings (SSSR count). The van der Waals surface area contributed by atoms with Crippen molar-refractivity contribution in [3.05, 3.63) is 184 Å². The molecule has 2 aliphatic rings. The van der Waals surface area contributed by atoms with E-state index in [1.54, 1.807) is 20.4 Å². The molecule has 0 saturated heterocycles. The third-order valence-corrected chi connectivity index (χ3v) is 9.48. The average Bonchev–Trinajstić information content (AvgIpc) is 3.59. The number of hydrogen-bond donors (Lipinski definition) is 0. The maximum atomic E-state index is 5.47. The summed E-state index contributed by atoms with van der Waals surface area (Å²) in [7, 11) is 3.37. The van der Waals surface area contributed by atoms with Crippen LogP contribution in [-0.2, 0) is 12.8 Å². The van der Waals surface area contributed by atoms with Crippen LogP contribution in [0.1, 0.15) is 56.4 Å². The number of benzene rings is 4. The smallest absolute Gasteiger partial charge is 0.135 e. The minimum absolute atomic E-state index is 0.694. The second-order valence-electron chi connectivity index (χ2n) is 12.7. The Morgan fingerprint density at radius 2 is 1.13 bits per heavy atom. The lowest BCUT2D eigenvalue weighted by Crippen LogP contribution is -2.07. The highest BCUT2D eigenvalue weighted by Gasteiger charge is 2.24. The fourth-order valence-electron chi connectivity index (χ4n) is 6.62. The van der Waals surface area contributed by atoms with Crippen LogP contribution < -0.4 is 9.47 Å². The zero-order chi connectivity index (χ0) is 35.6. The van der Waals surface area contributed by atoms with Gasteiger partial charge in [0.05, 0.1) is 48.9 Å². The van der Waals surface area contributed by atoms with Crippen LogP contribution in [0.5, 0.6) is 11.5 Å². The van der Waals surface area contributed by atoms with Gasteiger partial charge in [-0.3, -0.25) is 4.98 Å². The second-order valence-corrected chi connectivity index (χ2v) is 12.7. The van der Waals surface area contributed by atoms with Crippen LogP contribution in [-0.4, -0.2) is 49.9 Å². The molecule has 0 radical (unpaired) electrons. The van der Waals surface area contributed by atoms with E-state index in [-0.39, 0.29) is 0 Å². The lowest BCUT2D eigenvalue weighted by Gasteiger charge is -2.11. The van der Waals surface area contributed by atoms with Gasteiger partial charge in [-0.1, -0.05) is 72.8 Å². The van der Waals surface area contributed by atoms with Crippen LogP contribution in [0.15, 0.2) is 138 Å². The molecule has 9 heteroatoms. The van der Waals surface area contributed by atoms with Crippen molar-refractivity contribution in [1.82, 2.24) is 24.3 Å². The van der Waals surface area contributed by atoms with E-state index in [9.17, 15) is 0 Å². The van der Waals surface area contributed by atoms with Gasteiger partial charge in [-0.2, -0.15) is 10.2 Å². The van der Waals surface area contributed by atoms with Gasteiger partial charge in [0, 0.05) is 53.1 Å². The quantitative estimate of drug-likeness (QED) is 0.184. The Kier molecular flexibility index (Phi) is 8.74. The molecule has 4 aromatic carbocycles. The lowest BCUT2D eigenvalue weighted by molar-refractivity contribution is 0.414. The Balaban J connectivity index is 0.000000151. The van der Waals surface area contributed by atoms with Gasteiger partial charge in [-0.05, 0) is 61.4 Å². The molecular formula is C43H37N7O2. The molecule has 0 fully saturated rings. The van der Waals surface area contributed by atoms with Crippen molar-refractivity contribution in [2.75, 3.05) is 14.2 Å². The van der Waals surface area contributed by atoms with Gasteiger partial charge in [-0.25, -0.2) is 19.3 Å². The molecule has 0 atom stereocenters. The van der Waals surface area contributed by atoms with Crippen molar-refractivity contribution in [2.45, 2.75) is 26.7 Å². The number of methoxy groups -OCH3 is 2. The summed E-state index contributed by atoms with van der Waals surface area (Å²) < 4.78 is 14.8. The number of nitrogens with zero attached hydrogens (tertiary/aromatic N) is 7. The average molecular weight is 684 g/mol. The van der Waals surface area contributed by atoms with Crippen molar-refractivity contribution < 1.29 is 9.47 Å². The van der Waals surface area contributed by atoms with Gasteiger partial charge in [-0.15, -0.1) is 0 Å². The van der Waals surface area contributed by atoms with Crippen LogP contribution in [0, 0.1) is 13.8 Å². The molecule has 52 heavy (non-hydrogen) atoms. The highest BCUT2D eigenvalue weighted by molar-refractivity contribution is 6.15. The molecule has 3 aromatic heterocycles. The number of aromatic nitrogens is 5. The molecule has 0 unspecified atom stereocenters. The summed E-state index contributed by atoms with van der Waals surface area (Å²) in [5, 5.41) is 10.0. The largest absolute Gasteiger partial charge is 0.497 e. The molecule has 7 aromatic rings. The van der Waals surface area contributed by atoms with E-state index in [2.05, 4.69) is 65.4 Å². The van der Waals surface area contributed by atoms with Crippen LogP contribution in [0.2, 0.25) is 0 Å². The van der Waals surface area contributed by atoms with E-state index < -0.39 is 0 Å². The van der Waals surface area contributed by atoms with E-state index in [4.69, 9.17) is 24.7 Å². The Morgan fingerprint density at radius 3 is 1.69 bits per heavy atom. The summed E-state index contributed by atoms with van der Waals surface area (Å²) in [5.41, 5.74) is 12.6. The number of aryl methyl sites for hydroxylation is 1. The monoisotopic (exact) mass is 683 g/mol. The van der Waals surface area contributed by atoms with Gasteiger partial charge < -0.3 is 9.47 Å². The van der Waals surface area contributed by atoms with Gasteiger partial charge >= 0.3 is 0 Å². The van der Waals surface area contributed by atoms with E-state index in [0.717, 1.165) is 85.9 Å². The van der Waals surface area contributed by atoms with Crippen LogP contribution in [0.3, 0.4) is 0 Å². The van der Waals surface area contributed by atoms with Crippen LogP contribution in [0.4, 0.5) is 0 Å². The van der Waals surface area contributed by atoms with E-state index in [1.165, 1.54) is 11.1 Å². The molecule has 2 aliphatic heterocycles. The number of rotatable bonds is 5. The van der Waals surface area contributed by atoms with E-state index in [1.807, 2.05) is 89.3 Å². The minimum Gasteiger partial charge on any atom is -0.497 e. The SMILES string of the molecule is COc1ccc2c(c1)C(c1ccccc1)=Nn1c(-c3cccnc3)cnc1C2.COc1ccc2c(c1)C(c1ccccc1)=Nn1c(nc(C)c1C)C2. The Morgan fingerprint density at radius 1 is 0.577 bits per heavy atom. The maximum Gasteiger partial charge on any atom is 0.135 e. The zero-order valence-electron chi connectivity index (χ0n) is 29.5. The Hall–Kier alpha value is -6.61. The first-order valence-electron chi connectivity index (χ1n) is 17.2. The fraction of sp³-hybridized carbons (Fsp3) is 0.140. The molecule has 0 aliphatic carbocycles. The normalized spacial score (nSPS) is 12.7. The molecule has 0 bridgehead atoms. The van der Waals surface area contributed by atoms with Crippen molar-refractivity contribution in [2.24, 2.45) is 10.2 Å². The topological polar surface area (TPSA) is 91.7 Å². The Bertz CT molecular complexity index is 2450. The number of pyridine rings is 1. The predicted molar refractivity (Wildman–Crippen MR) is 204 cm³/mol. The highest BCUT2D eigenvalue weighted by Crippen LogP contribution is 2.30. The molecule has 256 valence electrons. The maximum absolute atomic E-state index is 5.47. The third kappa shape index (κ3) is 6.17. The molecule has 9 nitrogen and oxygen atoms in total. The number of fused-ring (bicyclic) bond motifs is 4. The molecular weight excluding hydrogens is 647 g/mol.